The summed E-state index contributed by atoms with van der Waals surface area (Å²) in [6.45, 7) is 3.79. The number of nitrogens with zero attached hydrogens (tertiary/aromatic N) is 1. The van der Waals surface area contributed by atoms with Crippen LogP contribution in [0.15, 0.2) is 24.3 Å². The van der Waals surface area contributed by atoms with Crippen molar-refractivity contribution in [1.82, 2.24) is 10.2 Å². The number of rotatable bonds is 3. The highest BCUT2D eigenvalue weighted by Crippen LogP contribution is 2.11. The molecule has 0 atom stereocenters. The Morgan fingerprint density at radius 2 is 2.11 bits per heavy atom. The molecule has 19 heavy (non-hydrogen) atoms. The first-order chi connectivity index (χ1) is 9.16. The summed E-state index contributed by atoms with van der Waals surface area (Å²) >= 11 is 0. The van der Waals surface area contributed by atoms with Gasteiger partial charge < -0.3 is 10.2 Å². The zero-order chi connectivity index (χ0) is 13.7. The van der Waals surface area contributed by atoms with Gasteiger partial charge in [0, 0.05) is 32.5 Å². The maximum Gasteiger partial charge on any atom is 0.222 e. The average Bonchev–Trinajstić information content (AvgIpc) is 2.62. The number of carbonyl (C=O) groups is 2. The minimum atomic E-state index is 0.0363. The fraction of sp³-hybridized carbons (Fsp3) is 0.467. The molecule has 4 heteroatoms. The number of benzene rings is 1. The van der Waals surface area contributed by atoms with Crippen LogP contribution < -0.4 is 5.32 Å². The first-order valence-electron chi connectivity index (χ1n) is 6.76. The molecule has 1 fully saturated rings. The molecule has 2 amide bonds. The maximum absolute atomic E-state index is 12.1. The van der Waals surface area contributed by atoms with E-state index in [4.69, 9.17) is 0 Å². The Bertz CT molecular complexity index is 471. The number of nitrogens with one attached hydrogen (secondary N) is 1. The third kappa shape index (κ3) is 3.81. The largest absolute Gasteiger partial charge is 0.354 e. The lowest BCUT2D eigenvalue weighted by molar-refractivity contribution is -0.131. The second-order valence-corrected chi connectivity index (χ2v) is 4.91. The van der Waals surface area contributed by atoms with Crippen LogP contribution in [-0.2, 0) is 16.0 Å². The third-order valence-corrected chi connectivity index (χ3v) is 3.53. The van der Waals surface area contributed by atoms with Crippen molar-refractivity contribution in [2.75, 3.05) is 19.6 Å². The fourth-order valence-corrected chi connectivity index (χ4v) is 2.31. The van der Waals surface area contributed by atoms with E-state index in [2.05, 4.69) is 24.4 Å². The summed E-state index contributed by atoms with van der Waals surface area (Å²) in [5.41, 5.74) is 2.45. The zero-order valence-electron chi connectivity index (χ0n) is 11.3. The Labute approximate surface area is 113 Å². The van der Waals surface area contributed by atoms with Gasteiger partial charge in [0.05, 0.1) is 0 Å². The smallest absolute Gasteiger partial charge is 0.222 e. The van der Waals surface area contributed by atoms with Gasteiger partial charge in [-0.25, -0.2) is 0 Å². The van der Waals surface area contributed by atoms with Gasteiger partial charge >= 0.3 is 0 Å². The average molecular weight is 260 g/mol. The van der Waals surface area contributed by atoms with E-state index in [0.717, 1.165) is 6.42 Å². The van der Waals surface area contributed by atoms with Crippen LogP contribution >= 0.6 is 0 Å². The lowest BCUT2D eigenvalue weighted by Gasteiger charge is -2.19. The standard InChI is InChI=1S/C15H20N2O2/c1-12-4-2-3-5-13(12)6-7-15(19)17-10-8-14(18)16-9-11-17/h2-5H,6-11H2,1H3,(H,16,18). The van der Waals surface area contributed by atoms with E-state index < -0.39 is 0 Å². The first kappa shape index (κ1) is 13.6. The SMILES string of the molecule is Cc1ccccc1CCC(=O)N1CCNC(=O)CC1. The van der Waals surface area contributed by atoms with Gasteiger partial charge in [0.1, 0.15) is 0 Å². The quantitative estimate of drug-likeness (QED) is 0.890. The Morgan fingerprint density at radius 1 is 1.32 bits per heavy atom. The molecule has 1 saturated heterocycles. The third-order valence-electron chi connectivity index (χ3n) is 3.53. The molecule has 0 bridgehead atoms. The Balaban J connectivity index is 1.87. The molecule has 4 nitrogen and oxygen atoms in total. The minimum absolute atomic E-state index is 0.0363. The number of hydrogen-bond acceptors (Lipinski definition) is 2. The van der Waals surface area contributed by atoms with Crippen molar-refractivity contribution in [1.29, 1.82) is 0 Å². The van der Waals surface area contributed by atoms with Crippen molar-refractivity contribution in [2.24, 2.45) is 0 Å². The summed E-state index contributed by atoms with van der Waals surface area (Å²) in [5.74, 6) is 0.175. The van der Waals surface area contributed by atoms with Crippen LogP contribution in [0.25, 0.3) is 0 Å². The van der Waals surface area contributed by atoms with Gasteiger partial charge in [-0.15, -0.1) is 0 Å². The molecule has 0 aromatic heterocycles. The molecular weight excluding hydrogens is 240 g/mol. The first-order valence-corrected chi connectivity index (χ1v) is 6.76. The van der Waals surface area contributed by atoms with Crippen LogP contribution in [0.1, 0.15) is 24.0 Å². The van der Waals surface area contributed by atoms with E-state index in [1.807, 2.05) is 12.1 Å². The van der Waals surface area contributed by atoms with Gasteiger partial charge in [-0.05, 0) is 24.5 Å². The van der Waals surface area contributed by atoms with Crippen LogP contribution in [0.3, 0.4) is 0 Å². The zero-order valence-corrected chi connectivity index (χ0v) is 11.3. The molecule has 0 radical (unpaired) electrons. The monoisotopic (exact) mass is 260 g/mol. The Kier molecular flexibility index (Phi) is 4.55. The van der Waals surface area contributed by atoms with Gasteiger partial charge in [0.25, 0.3) is 0 Å². The molecule has 1 aliphatic heterocycles. The maximum atomic E-state index is 12.1. The Hall–Kier alpha value is -1.84. The van der Waals surface area contributed by atoms with Crippen molar-refractivity contribution in [3.63, 3.8) is 0 Å². The number of aryl methyl sites for hydroxylation is 2. The lowest BCUT2D eigenvalue weighted by atomic mass is 10.0. The highest BCUT2D eigenvalue weighted by Gasteiger charge is 2.18. The van der Waals surface area contributed by atoms with Crippen molar-refractivity contribution in [3.05, 3.63) is 35.4 Å². The van der Waals surface area contributed by atoms with Crippen molar-refractivity contribution in [3.8, 4) is 0 Å². The molecular formula is C15H20N2O2. The van der Waals surface area contributed by atoms with Crippen LogP contribution in [0, 0.1) is 6.92 Å². The highest BCUT2D eigenvalue weighted by molar-refractivity contribution is 5.80. The molecule has 102 valence electrons. The summed E-state index contributed by atoms with van der Waals surface area (Å²) in [6.07, 6.45) is 1.69. The van der Waals surface area contributed by atoms with Crippen LogP contribution in [0.5, 0.6) is 0 Å². The lowest BCUT2D eigenvalue weighted by Crippen LogP contribution is -2.34. The minimum Gasteiger partial charge on any atom is -0.354 e. The van der Waals surface area contributed by atoms with E-state index >= 15 is 0 Å². The number of hydrogen-bond donors (Lipinski definition) is 1. The molecule has 2 rings (SSSR count). The van der Waals surface area contributed by atoms with Gasteiger partial charge in [0.15, 0.2) is 0 Å². The van der Waals surface area contributed by atoms with Gasteiger partial charge in [-0.3, -0.25) is 9.59 Å². The van der Waals surface area contributed by atoms with Crippen LogP contribution in [0.4, 0.5) is 0 Å². The van der Waals surface area contributed by atoms with Crippen molar-refractivity contribution >= 4 is 11.8 Å². The molecule has 1 aromatic carbocycles. The molecule has 1 aliphatic rings. The summed E-state index contributed by atoms with van der Waals surface area (Å²) in [5, 5.41) is 2.78. The Morgan fingerprint density at radius 3 is 2.89 bits per heavy atom. The summed E-state index contributed by atoms with van der Waals surface area (Å²) < 4.78 is 0. The topological polar surface area (TPSA) is 49.4 Å². The van der Waals surface area contributed by atoms with Gasteiger partial charge in [-0.2, -0.15) is 0 Å². The summed E-state index contributed by atoms with van der Waals surface area (Å²) in [6, 6.07) is 8.14. The summed E-state index contributed by atoms with van der Waals surface area (Å²) in [7, 11) is 0. The highest BCUT2D eigenvalue weighted by atomic mass is 16.2. The number of amides is 2. The summed E-state index contributed by atoms with van der Waals surface area (Å²) in [4.78, 5) is 25.1. The van der Waals surface area contributed by atoms with Gasteiger partial charge in [0.2, 0.25) is 11.8 Å². The second-order valence-electron chi connectivity index (χ2n) is 4.91. The second kappa shape index (κ2) is 6.36. The predicted molar refractivity (Wildman–Crippen MR) is 73.7 cm³/mol. The van der Waals surface area contributed by atoms with E-state index in [9.17, 15) is 9.59 Å². The molecule has 1 heterocycles. The molecule has 0 saturated carbocycles. The van der Waals surface area contributed by atoms with Crippen molar-refractivity contribution < 1.29 is 9.59 Å². The number of carbonyl (C=O) groups excluding carboxylic acids is 2. The van der Waals surface area contributed by atoms with Crippen LogP contribution in [0.2, 0.25) is 0 Å². The molecule has 0 aliphatic carbocycles. The fourth-order valence-electron chi connectivity index (χ4n) is 2.31. The van der Waals surface area contributed by atoms with E-state index in [0.29, 0.717) is 32.5 Å². The van der Waals surface area contributed by atoms with Gasteiger partial charge in [-0.1, -0.05) is 24.3 Å². The molecule has 1 N–H and O–H groups in total. The normalized spacial score (nSPS) is 15.8. The van der Waals surface area contributed by atoms with E-state index in [1.165, 1.54) is 11.1 Å². The van der Waals surface area contributed by atoms with E-state index in [-0.39, 0.29) is 11.8 Å². The molecule has 0 spiro atoms. The predicted octanol–water partition coefficient (Wildman–Crippen LogP) is 1.28. The van der Waals surface area contributed by atoms with Crippen LogP contribution in [-0.4, -0.2) is 36.3 Å². The van der Waals surface area contributed by atoms with Crippen molar-refractivity contribution in [2.45, 2.75) is 26.2 Å². The molecule has 1 aromatic rings. The van der Waals surface area contributed by atoms with E-state index in [1.54, 1.807) is 4.90 Å². The molecule has 0 unspecified atom stereocenters.